The van der Waals surface area contributed by atoms with Gasteiger partial charge in [0.2, 0.25) is 0 Å². The highest BCUT2D eigenvalue weighted by molar-refractivity contribution is 14.1. The zero-order valence-corrected chi connectivity index (χ0v) is 10.3. The molecule has 0 aliphatic carbocycles. The van der Waals surface area contributed by atoms with Crippen molar-refractivity contribution in [1.29, 1.82) is 0 Å². The Balaban J connectivity index is 3.38. The minimum atomic E-state index is -0.576. The number of halogens is 3. The summed E-state index contributed by atoms with van der Waals surface area (Å²) in [6.07, 6.45) is 0. The number of hydrogen-bond acceptors (Lipinski definition) is 2. The Morgan fingerprint density at radius 2 is 2.15 bits per heavy atom. The topological polar surface area (TPSA) is 26.3 Å². The van der Waals surface area contributed by atoms with Gasteiger partial charge in [-0.05, 0) is 46.3 Å². The molecule has 0 saturated carbocycles. The Hall–Kier alpha value is -0.000000000000000111. The Bertz CT molecular complexity index is 352. The lowest BCUT2D eigenvalue weighted by Gasteiger charge is -2.07. The van der Waals surface area contributed by atoms with Crippen LogP contribution in [0, 0.1) is 3.57 Å². The highest BCUT2D eigenvalue weighted by atomic mass is 127. The van der Waals surface area contributed by atoms with Gasteiger partial charge in [0.05, 0.1) is 21.3 Å². The third kappa shape index (κ3) is 2.27. The summed E-state index contributed by atoms with van der Waals surface area (Å²) >= 11 is 13.1. The van der Waals surface area contributed by atoms with Gasteiger partial charge >= 0.3 is 0 Å². The van der Waals surface area contributed by atoms with E-state index in [-0.39, 0.29) is 0 Å². The van der Waals surface area contributed by atoms with Gasteiger partial charge < -0.3 is 4.74 Å². The van der Waals surface area contributed by atoms with Gasteiger partial charge in [0.1, 0.15) is 5.75 Å². The molecular weight excluding hydrogens is 326 g/mol. The zero-order chi connectivity index (χ0) is 10.0. The Morgan fingerprint density at radius 1 is 1.54 bits per heavy atom. The first-order chi connectivity index (χ1) is 6.07. The number of carbonyl (C=O) groups is 1. The van der Waals surface area contributed by atoms with Crippen LogP contribution >= 0.6 is 45.8 Å². The summed E-state index contributed by atoms with van der Waals surface area (Å²) in [5.74, 6) is 0.592. The monoisotopic (exact) mass is 330 g/mol. The molecule has 2 nitrogen and oxygen atoms in total. The molecule has 0 atom stereocenters. The number of benzene rings is 1. The summed E-state index contributed by atoms with van der Waals surface area (Å²) in [7, 11) is 1.52. The molecule has 1 rings (SSSR count). The van der Waals surface area contributed by atoms with Crippen LogP contribution in [0.5, 0.6) is 5.75 Å². The van der Waals surface area contributed by atoms with E-state index < -0.39 is 5.24 Å². The molecule has 0 fully saturated rings. The third-order valence-electron chi connectivity index (χ3n) is 1.47. The summed E-state index contributed by atoms with van der Waals surface area (Å²) in [5.41, 5.74) is 0.295. The second-order valence-corrected chi connectivity index (χ2v) is 4.04. The molecule has 1 aromatic rings. The standard InChI is InChI=1S/C8H5Cl2IO2/c1-13-5-3-2-4(9)6(7(5)11)8(10)12/h2-3H,1H3. The lowest BCUT2D eigenvalue weighted by Crippen LogP contribution is -1.97. The maximum absolute atomic E-state index is 11.0. The molecule has 0 unspecified atom stereocenters. The number of hydrogen-bond donors (Lipinski definition) is 0. The van der Waals surface area contributed by atoms with Gasteiger partial charge in [0, 0.05) is 0 Å². The Labute approximate surface area is 99.3 Å². The van der Waals surface area contributed by atoms with Crippen LogP contribution in [0.25, 0.3) is 0 Å². The molecule has 0 amide bonds. The quantitative estimate of drug-likeness (QED) is 0.614. The highest BCUT2D eigenvalue weighted by Crippen LogP contribution is 2.30. The smallest absolute Gasteiger partial charge is 0.255 e. The second-order valence-electron chi connectivity index (χ2n) is 2.21. The first-order valence-electron chi connectivity index (χ1n) is 3.29. The minimum Gasteiger partial charge on any atom is -0.496 e. The van der Waals surface area contributed by atoms with Gasteiger partial charge in [0.15, 0.2) is 0 Å². The molecule has 0 heterocycles. The van der Waals surface area contributed by atoms with E-state index >= 15 is 0 Å². The van der Waals surface area contributed by atoms with Crippen LogP contribution in [0.1, 0.15) is 10.4 Å². The van der Waals surface area contributed by atoms with E-state index in [1.807, 2.05) is 22.6 Å². The molecule has 0 bridgehead atoms. The van der Waals surface area contributed by atoms with Crippen LogP contribution in [-0.2, 0) is 0 Å². The van der Waals surface area contributed by atoms with Crippen molar-refractivity contribution in [3.63, 3.8) is 0 Å². The molecule has 0 radical (unpaired) electrons. The van der Waals surface area contributed by atoms with Crippen molar-refractivity contribution in [2.45, 2.75) is 0 Å². The fourth-order valence-corrected chi connectivity index (χ4v) is 2.61. The minimum absolute atomic E-state index is 0.295. The number of rotatable bonds is 2. The average molecular weight is 331 g/mol. The van der Waals surface area contributed by atoms with E-state index in [4.69, 9.17) is 27.9 Å². The molecule has 0 aliphatic rings. The fourth-order valence-electron chi connectivity index (χ4n) is 0.871. The first-order valence-corrected chi connectivity index (χ1v) is 5.13. The predicted octanol–water partition coefficient (Wildman–Crippen LogP) is 3.33. The molecule has 5 heteroatoms. The van der Waals surface area contributed by atoms with Crippen LogP contribution < -0.4 is 4.74 Å². The lowest BCUT2D eigenvalue weighted by molar-refractivity contribution is 0.108. The van der Waals surface area contributed by atoms with Crippen molar-refractivity contribution in [1.82, 2.24) is 0 Å². The summed E-state index contributed by atoms with van der Waals surface area (Å²) in [5, 5.41) is -0.237. The van der Waals surface area contributed by atoms with Gasteiger partial charge in [0.25, 0.3) is 5.24 Å². The van der Waals surface area contributed by atoms with Crippen LogP contribution in [0.4, 0.5) is 0 Å². The van der Waals surface area contributed by atoms with Crippen molar-refractivity contribution in [3.05, 3.63) is 26.3 Å². The van der Waals surface area contributed by atoms with Crippen molar-refractivity contribution >= 4 is 51.0 Å². The van der Waals surface area contributed by atoms with Crippen molar-refractivity contribution in [2.24, 2.45) is 0 Å². The van der Waals surface area contributed by atoms with Crippen LogP contribution in [0.3, 0.4) is 0 Å². The van der Waals surface area contributed by atoms with Crippen molar-refractivity contribution < 1.29 is 9.53 Å². The van der Waals surface area contributed by atoms with Crippen LogP contribution in [0.2, 0.25) is 5.02 Å². The molecule has 70 valence electrons. The summed E-state index contributed by atoms with van der Waals surface area (Å²) in [4.78, 5) is 11.0. The molecule has 0 saturated heterocycles. The summed E-state index contributed by atoms with van der Waals surface area (Å²) in [6, 6.07) is 3.27. The summed E-state index contributed by atoms with van der Waals surface area (Å²) in [6.45, 7) is 0. The van der Waals surface area contributed by atoms with Crippen molar-refractivity contribution in [2.75, 3.05) is 7.11 Å². The second kappa shape index (κ2) is 4.48. The molecule has 13 heavy (non-hydrogen) atoms. The molecular formula is C8H5Cl2IO2. The zero-order valence-electron chi connectivity index (χ0n) is 6.61. The highest BCUT2D eigenvalue weighted by Gasteiger charge is 2.15. The van der Waals surface area contributed by atoms with E-state index in [1.165, 1.54) is 7.11 Å². The Kier molecular flexibility index (Phi) is 3.82. The molecule has 0 N–H and O–H groups in total. The van der Waals surface area contributed by atoms with Gasteiger partial charge in [-0.25, -0.2) is 0 Å². The molecule has 0 aromatic heterocycles. The SMILES string of the molecule is COc1ccc(Cl)c(C(=O)Cl)c1I. The number of methoxy groups -OCH3 is 1. The van der Waals surface area contributed by atoms with E-state index in [9.17, 15) is 4.79 Å². The predicted molar refractivity (Wildman–Crippen MR) is 60.9 cm³/mol. The maximum atomic E-state index is 11.0. The summed E-state index contributed by atoms with van der Waals surface area (Å²) < 4.78 is 5.65. The molecule has 1 aromatic carbocycles. The van der Waals surface area contributed by atoms with Crippen LogP contribution in [-0.4, -0.2) is 12.4 Å². The van der Waals surface area contributed by atoms with Gasteiger partial charge in [-0.3, -0.25) is 4.79 Å². The largest absolute Gasteiger partial charge is 0.496 e. The average Bonchev–Trinajstić information content (AvgIpc) is 2.04. The molecule has 0 spiro atoms. The lowest BCUT2D eigenvalue weighted by atomic mass is 10.2. The van der Waals surface area contributed by atoms with E-state index in [1.54, 1.807) is 12.1 Å². The van der Waals surface area contributed by atoms with E-state index in [0.717, 1.165) is 0 Å². The van der Waals surface area contributed by atoms with E-state index in [2.05, 4.69) is 0 Å². The fraction of sp³-hybridized carbons (Fsp3) is 0.125. The van der Waals surface area contributed by atoms with E-state index in [0.29, 0.717) is 19.9 Å². The number of ether oxygens (including phenoxy) is 1. The Morgan fingerprint density at radius 3 is 2.62 bits per heavy atom. The third-order valence-corrected chi connectivity index (χ3v) is 3.05. The molecule has 0 aliphatic heterocycles. The van der Waals surface area contributed by atoms with Gasteiger partial charge in [-0.15, -0.1) is 0 Å². The first kappa shape index (κ1) is 11.1. The van der Waals surface area contributed by atoms with Crippen molar-refractivity contribution in [3.8, 4) is 5.75 Å². The normalized spacial score (nSPS) is 9.85. The van der Waals surface area contributed by atoms with Crippen LogP contribution in [0.15, 0.2) is 12.1 Å². The maximum Gasteiger partial charge on any atom is 0.255 e. The number of carbonyl (C=O) groups excluding carboxylic acids is 1. The van der Waals surface area contributed by atoms with Gasteiger partial charge in [-0.2, -0.15) is 0 Å². The van der Waals surface area contributed by atoms with Gasteiger partial charge in [-0.1, -0.05) is 11.6 Å².